The lowest BCUT2D eigenvalue weighted by Gasteiger charge is -2.25. The molecule has 1 fully saturated rings. The van der Waals surface area contributed by atoms with Crippen LogP contribution in [0.3, 0.4) is 0 Å². The average molecular weight is 428 g/mol. The third-order valence-electron chi connectivity index (χ3n) is 4.96. The highest BCUT2D eigenvalue weighted by molar-refractivity contribution is 8.15. The molecule has 2 aromatic rings. The number of hydrogen-bond donors (Lipinski definition) is 0. The minimum absolute atomic E-state index is 0.0357. The van der Waals surface area contributed by atoms with Crippen LogP contribution in [0.1, 0.15) is 18.1 Å². The van der Waals surface area contributed by atoms with E-state index in [1.165, 1.54) is 11.8 Å². The van der Waals surface area contributed by atoms with Crippen molar-refractivity contribution in [2.75, 3.05) is 23.0 Å². The van der Waals surface area contributed by atoms with Gasteiger partial charge in [0.2, 0.25) is 0 Å². The Bertz CT molecular complexity index is 1080. The Morgan fingerprint density at radius 3 is 2.66 bits per heavy atom. The smallest absolute Gasteiger partial charge is 0.164 e. The van der Waals surface area contributed by atoms with Crippen LogP contribution in [-0.4, -0.2) is 43.0 Å². The molecule has 2 heterocycles. The number of hydrogen-bond acceptors (Lipinski definition) is 7. The minimum atomic E-state index is -3.01. The summed E-state index contributed by atoms with van der Waals surface area (Å²) in [6.45, 7) is 3.02. The molecule has 6 nitrogen and oxygen atoms in total. The van der Waals surface area contributed by atoms with Crippen LogP contribution in [0.5, 0.6) is 5.75 Å². The van der Waals surface area contributed by atoms with Gasteiger partial charge in [0.05, 0.1) is 42.3 Å². The number of thioether (sulfide) groups is 1. The van der Waals surface area contributed by atoms with Crippen LogP contribution in [0.25, 0.3) is 0 Å². The van der Waals surface area contributed by atoms with Crippen molar-refractivity contribution >= 4 is 32.5 Å². The molecule has 0 spiro atoms. The quantitative estimate of drug-likeness (QED) is 0.729. The van der Waals surface area contributed by atoms with Crippen molar-refractivity contribution in [3.63, 3.8) is 0 Å². The number of nitrogens with zero attached hydrogens (tertiary/aromatic N) is 3. The van der Waals surface area contributed by atoms with Crippen LogP contribution in [0, 0.1) is 11.3 Å². The van der Waals surface area contributed by atoms with Gasteiger partial charge < -0.3 is 9.64 Å². The first kappa shape index (κ1) is 19.8. The van der Waals surface area contributed by atoms with Crippen LogP contribution < -0.4 is 9.64 Å². The summed E-state index contributed by atoms with van der Waals surface area (Å²) in [5.74, 6) is 1.07. The SMILES string of the molecule is CCOc1ccc(N(Cc2ccccc2C#N)C2=NC3CS(=O)(=O)CC3S2)cc1. The predicted molar refractivity (Wildman–Crippen MR) is 116 cm³/mol. The highest BCUT2D eigenvalue weighted by Gasteiger charge is 2.44. The monoisotopic (exact) mass is 427 g/mol. The molecule has 0 N–H and O–H groups in total. The fraction of sp³-hybridized carbons (Fsp3) is 0.333. The van der Waals surface area contributed by atoms with E-state index in [0.29, 0.717) is 18.7 Å². The van der Waals surface area contributed by atoms with Gasteiger partial charge in [-0.2, -0.15) is 5.26 Å². The fourth-order valence-electron chi connectivity index (χ4n) is 3.57. The van der Waals surface area contributed by atoms with Crippen LogP contribution in [0.2, 0.25) is 0 Å². The Morgan fingerprint density at radius 1 is 1.21 bits per heavy atom. The third kappa shape index (κ3) is 4.26. The van der Waals surface area contributed by atoms with E-state index in [1.807, 2.05) is 49.4 Å². The number of nitriles is 1. The summed E-state index contributed by atoms with van der Waals surface area (Å²) in [4.78, 5) is 6.80. The van der Waals surface area contributed by atoms with Crippen LogP contribution in [0.15, 0.2) is 53.5 Å². The number of amidine groups is 1. The van der Waals surface area contributed by atoms with Crippen molar-refractivity contribution in [1.82, 2.24) is 0 Å². The summed E-state index contributed by atoms with van der Waals surface area (Å²) in [5.41, 5.74) is 2.45. The maximum atomic E-state index is 11.9. The number of anilines is 1. The Kier molecular flexibility index (Phi) is 5.52. The topological polar surface area (TPSA) is 82.8 Å². The lowest BCUT2D eigenvalue weighted by Crippen LogP contribution is -2.28. The summed E-state index contributed by atoms with van der Waals surface area (Å²) in [6, 6.07) is 17.3. The van der Waals surface area contributed by atoms with E-state index in [4.69, 9.17) is 9.73 Å². The van der Waals surface area contributed by atoms with Gasteiger partial charge in [-0.05, 0) is 42.8 Å². The molecule has 2 aliphatic heterocycles. The predicted octanol–water partition coefficient (Wildman–Crippen LogP) is 3.23. The van der Waals surface area contributed by atoms with Crippen molar-refractivity contribution < 1.29 is 13.2 Å². The van der Waals surface area contributed by atoms with Crippen LogP contribution in [-0.2, 0) is 16.4 Å². The van der Waals surface area contributed by atoms with Crippen molar-refractivity contribution in [2.45, 2.75) is 24.8 Å². The zero-order valence-corrected chi connectivity index (χ0v) is 17.6. The molecule has 0 amide bonds. The van der Waals surface area contributed by atoms with Crippen LogP contribution in [0.4, 0.5) is 5.69 Å². The van der Waals surface area contributed by atoms with Crippen molar-refractivity contribution in [2.24, 2.45) is 4.99 Å². The second-order valence-corrected chi connectivity index (χ2v) is 10.4. The van der Waals surface area contributed by atoms with Gasteiger partial charge in [0.25, 0.3) is 0 Å². The Hall–Kier alpha value is -2.50. The second kappa shape index (κ2) is 8.09. The van der Waals surface area contributed by atoms with Crippen LogP contribution >= 0.6 is 11.8 Å². The van der Waals surface area contributed by atoms with Gasteiger partial charge in [-0.15, -0.1) is 0 Å². The summed E-state index contributed by atoms with van der Waals surface area (Å²) in [6.07, 6.45) is 0. The molecule has 2 unspecified atom stereocenters. The molecule has 2 atom stereocenters. The first-order chi connectivity index (χ1) is 14.0. The molecule has 1 saturated heterocycles. The molecule has 4 rings (SSSR count). The third-order valence-corrected chi connectivity index (χ3v) is 8.21. The number of rotatable bonds is 5. The van der Waals surface area contributed by atoms with Gasteiger partial charge in [-0.3, -0.25) is 4.99 Å². The minimum Gasteiger partial charge on any atom is -0.494 e. The zero-order chi connectivity index (χ0) is 20.4. The molecule has 2 aliphatic rings. The summed E-state index contributed by atoms with van der Waals surface area (Å²) >= 11 is 1.52. The molecular formula is C21H21N3O3S2. The molecule has 0 radical (unpaired) electrons. The maximum absolute atomic E-state index is 11.9. The van der Waals surface area contributed by atoms with Gasteiger partial charge in [-0.1, -0.05) is 30.0 Å². The fourth-order valence-corrected chi connectivity index (χ4v) is 7.35. The number of benzene rings is 2. The van der Waals surface area contributed by atoms with E-state index < -0.39 is 9.84 Å². The molecule has 150 valence electrons. The lowest BCUT2D eigenvalue weighted by molar-refractivity contribution is 0.340. The standard InChI is InChI=1S/C21H21N3O3S2/c1-2-27-18-9-7-17(8-10-18)24(12-16-6-4-3-5-15(16)11-22)21-23-19-13-29(25,26)14-20(19)28-21/h3-10,19-20H,2,12-14H2,1H3. The van der Waals surface area contributed by atoms with E-state index >= 15 is 0 Å². The zero-order valence-electron chi connectivity index (χ0n) is 16.0. The first-order valence-electron chi connectivity index (χ1n) is 9.42. The molecule has 29 heavy (non-hydrogen) atoms. The average Bonchev–Trinajstić information content (AvgIpc) is 3.20. The molecule has 0 saturated carbocycles. The largest absolute Gasteiger partial charge is 0.494 e. The summed E-state index contributed by atoms with van der Waals surface area (Å²) in [7, 11) is -3.01. The number of sulfone groups is 1. The number of fused-ring (bicyclic) bond motifs is 1. The van der Waals surface area contributed by atoms with E-state index in [2.05, 4.69) is 11.0 Å². The van der Waals surface area contributed by atoms with Crippen molar-refractivity contribution in [3.05, 3.63) is 59.7 Å². The first-order valence-corrected chi connectivity index (χ1v) is 12.1. The van der Waals surface area contributed by atoms with Gasteiger partial charge in [-0.25, -0.2) is 8.42 Å². The number of aliphatic imine (C=N–C) groups is 1. The normalized spacial score (nSPS) is 21.9. The molecule has 0 aromatic heterocycles. The highest BCUT2D eigenvalue weighted by atomic mass is 32.2. The lowest BCUT2D eigenvalue weighted by atomic mass is 10.1. The van der Waals surface area contributed by atoms with Crippen molar-refractivity contribution in [3.8, 4) is 11.8 Å². The van der Waals surface area contributed by atoms with E-state index in [-0.39, 0.29) is 22.8 Å². The van der Waals surface area contributed by atoms with E-state index in [1.54, 1.807) is 6.07 Å². The molecular weight excluding hydrogens is 406 g/mol. The Labute approximate surface area is 175 Å². The van der Waals surface area contributed by atoms with E-state index in [9.17, 15) is 13.7 Å². The van der Waals surface area contributed by atoms with Gasteiger partial charge in [0.15, 0.2) is 15.0 Å². The Balaban J connectivity index is 1.67. The summed E-state index contributed by atoms with van der Waals surface area (Å²) in [5, 5.41) is 10.2. The molecule has 2 aromatic carbocycles. The van der Waals surface area contributed by atoms with Gasteiger partial charge in [0, 0.05) is 10.9 Å². The van der Waals surface area contributed by atoms with Gasteiger partial charge in [0.1, 0.15) is 5.75 Å². The molecule has 0 bridgehead atoms. The highest BCUT2D eigenvalue weighted by Crippen LogP contribution is 2.37. The summed E-state index contributed by atoms with van der Waals surface area (Å²) < 4.78 is 29.4. The van der Waals surface area contributed by atoms with Crippen molar-refractivity contribution in [1.29, 1.82) is 5.26 Å². The molecule has 0 aliphatic carbocycles. The van der Waals surface area contributed by atoms with Gasteiger partial charge >= 0.3 is 0 Å². The maximum Gasteiger partial charge on any atom is 0.164 e. The Morgan fingerprint density at radius 2 is 1.97 bits per heavy atom. The van der Waals surface area contributed by atoms with E-state index in [0.717, 1.165) is 22.2 Å². The number of ether oxygens (including phenoxy) is 1. The molecule has 8 heteroatoms. The second-order valence-electron chi connectivity index (χ2n) is 6.99.